The number of amides is 1. The number of carbonyl (C=O) groups excluding carboxylic acids is 1. The fourth-order valence-corrected chi connectivity index (χ4v) is 2.33. The summed E-state index contributed by atoms with van der Waals surface area (Å²) >= 11 is 0. The van der Waals surface area contributed by atoms with Crippen molar-refractivity contribution in [2.45, 2.75) is 6.92 Å². The number of benzene rings is 2. The molecule has 3 rings (SSSR count). The molecule has 1 amide bonds. The van der Waals surface area contributed by atoms with Gasteiger partial charge in [0.25, 0.3) is 5.91 Å². The van der Waals surface area contributed by atoms with Crippen molar-refractivity contribution in [3.05, 3.63) is 65.9 Å². The number of para-hydroxylation sites is 1. The van der Waals surface area contributed by atoms with E-state index >= 15 is 0 Å². The van der Waals surface area contributed by atoms with Crippen molar-refractivity contribution in [2.75, 3.05) is 13.7 Å². The van der Waals surface area contributed by atoms with Gasteiger partial charge in [-0.05, 0) is 42.8 Å². The molecule has 0 aromatic heterocycles. The standard InChI is InChI=1S/C19H18N2O3/c1-3-21-18(22)17(13-14-9-11-16(23-2)12-10-14)24-19(21)20-15-7-5-4-6-8-15/h4-13H,3H2,1-2H3/b17-13+,20-19?. The third-order valence-electron chi connectivity index (χ3n) is 3.60. The minimum atomic E-state index is -0.192. The van der Waals surface area contributed by atoms with Gasteiger partial charge in [-0.25, -0.2) is 0 Å². The van der Waals surface area contributed by atoms with Crippen LogP contribution in [0, 0.1) is 0 Å². The van der Waals surface area contributed by atoms with Gasteiger partial charge in [0.05, 0.1) is 12.8 Å². The monoisotopic (exact) mass is 322 g/mol. The molecule has 0 bridgehead atoms. The van der Waals surface area contributed by atoms with Crippen LogP contribution in [0.4, 0.5) is 5.69 Å². The number of methoxy groups -OCH3 is 1. The van der Waals surface area contributed by atoms with E-state index < -0.39 is 0 Å². The van der Waals surface area contributed by atoms with E-state index in [-0.39, 0.29) is 11.7 Å². The summed E-state index contributed by atoms with van der Waals surface area (Å²) in [4.78, 5) is 18.4. The first-order valence-electron chi connectivity index (χ1n) is 7.70. The predicted octanol–water partition coefficient (Wildman–Crippen LogP) is 3.60. The molecule has 0 unspecified atom stereocenters. The Labute approximate surface area is 140 Å². The van der Waals surface area contributed by atoms with Crippen LogP contribution in [0.5, 0.6) is 5.75 Å². The van der Waals surface area contributed by atoms with Gasteiger partial charge in [-0.3, -0.25) is 9.69 Å². The minimum Gasteiger partial charge on any atom is -0.497 e. The van der Waals surface area contributed by atoms with Crippen molar-refractivity contribution in [1.82, 2.24) is 4.90 Å². The lowest BCUT2D eigenvalue weighted by atomic mass is 10.2. The first-order chi connectivity index (χ1) is 11.7. The molecule has 0 aliphatic carbocycles. The molecule has 122 valence electrons. The Kier molecular flexibility index (Phi) is 4.61. The predicted molar refractivity (Wildman–Crippen MR) is 93.0 cm³/mol. The summed E-state index contributed by atoms with van der Waals surface area (Å²) in [5, 5.41) is 0. The molecule has 1 fully saturated rings. The zero-order valence-corrected chi connectivity index (χ0v) is 13.6. The molecule has 0 saturated carbocycles. The quantitative estimate of drug-likeness (QED) is 0.808. The Morgan fingerprint density at radius 1 is 1.12 bits per heavy atom. The molecule has 1 heterocycles. The van der Waals surface area contributed by atoms with E-state index in [2.05, 4.69) is 4.99 Å². The molecule has 1 aliphatic rings. The van der Waals surface area contributed by atoms with E-state index in [0.717, 1.165) is 17.0 Å². The van der Waals surface area contributed by atoms with Crippen molar-refractivity contribution >= 4 is 23.7 Å². The summed E-state index contributed by atoms with van der Waals surface area (Å²) in [5.74, 6) is 0.831. The largest absolute Gasteiger partial charge is 0.497 e. The second-order valence-corrected chi connectivity index (χ2v) is 5.16. The zero-order valence-electron chi connectivity index (χ0n) is 13.6. The summed E-state index contributed by atoms with van der Waals surface area (Å²) < 4.78 is 10.8. The van der Waals surface area contributed by atoms with Crippen LogP contribution < -0.4 is 4.74 Å². The highest BCUT2D eigenvalue weighted by Gasteiger charge is 2.33. The highest BCUT2D eigenvalue weighted by Crippen LogP contribution is 2.23. The molecule has 0 spiro atoms. The topological polar surface area (TPSA) is 51.1 Å². The van der Waals surface area contributed by atoms with Crippen LogP contribution in [-0.4, -0.2) is 30.5 Å². The van der Waals surface area contributed by atoms with Crippen molar-refractivity contribution in [1.29, 1.82) is 0 Å². The van der Waals surface area contributed by atoms with Crippen LogP contribution in [-0.2, 0) is 9.53 Å². The molecule has 1 aliphatic heterocycles. The van der Waals surface area contributed by atoms with E-state index in [4.69, 9.17) is 9.47 Å². The molecule has 0 atom stereocenters. The van der Waals surface area contributed by atoms with Crippen LogP contribution in [0.1, 0.15) is 12.5 Å². The number of nitrogens with zero attached hydrogens (tertiary/aromatic N) is 2. The lowest BCUT2D eigenvalue weighted by Crippen LogP contribution is -2.29. The van der Waals surface area contributed by atoms with E-state index in [1.807, 2.05) is 61.5 Å². The third kappa shape index (κ3) is 3.30. The van der Waals surface area contributed by atoms with Crippen molar-refractivity contribution in [3.63, 3.8) is 0 Å². The Balaban J connectivity index is 1.89. The van der Waals surface area contributed by atoms with Gasteiger partial charge in [0, 0.05) is 6.54 Å². The van der Waals surface area contributed by atoms with Gasteiger partial charge >= 0.3 is 6.02 Å². The van der Waals surface area contributed by atoms with Crippen LogP contribution in [0.25, 0.3) is 6.08 Å². The Hall–Kier alpha value is -3.08. The molecule has 24 heavy (non-hydrogen) atoms. The normalized spacial score (nSPS) is 17.4. The molecule has 0 radical (unpaired) electrons. The summed E-state index contributed by atoms with van der Waals surface area (Å²) in [6.45, 7) is 2.38. The number of hydrogen-bond acceptors (Lipinski definition) is 4. The van der Waals surface area contributed by atoms with Gasteiger partial charge in [-0.15, -0.1) is 0 Å². The second kappa shape index (κ2) is 7.00. The minimum absolute atomic E-state index is 0.192. The van der Waals surface area contributed by atoms with E-state index in [1.165, 1.54) is 4.90 Å². The van der Waals surface area contributed by atoms with Gasteiger partial charge < -0.3 is 9.47 Å². The molecule has 0 N–H and O–H groups in total. The molecule has 5 nitrogen and oxygen atoms in total. The highest BCUT2D eigenvalue weighted by atomic mass is 16.5. The lowest BCUT2D eigenvalue weighted by Gasteiger charge is -2.09. The summed E-state index contributed by atoms with van der Waals surface area (Å²) in [7, 11) is 1.61. The molecule has 1 saturated heterocycles. The Morgan fingerprint density at radius 3 is 2.46 bits per heavy atom. The fourth-order valence-electron chi connectivity index (χ4n) is 2.33. The Bertz CT molecular complexity index is 780. The van der Waals surface area contributed by atoms with Gasteiger partial charge in [0.2, 0.25) is 0 Å². The van der Waals surface area contributed by atoms with Crippen LogP contribution >= 0.6 is 0 Å². The first-order valence-corrected chi connectivity index (χ1v) is 7.70. The smallest absolute Gasteiger partial charge is 0.305 e. The summed E-state index contributed by atoms with van der Waals surface area (Å²) in [5.41, 5.74) is 1.60. The highest BCUT2D eigenvalue weighted by molar-refractivity contribution is 6.11. The number of hydrogen-bond donors (Lipinski definition) is 0. The van der Waals surface area contributed by atoms with Gasteiger partial charge in [-0.2, -0.15) is 4.99 Å². The molecular weight excluding hydrogens is 304 g/mol. The number of aliphatic imine (C=N–C) groups is 1. The second-order valence-electron chi connectivity index (χ2n) is 5.16. The van der Waals surface area contributed by atoms with Crippen LogP contribution in [0.15, 0.2) is 65.3 Å². The van der Waals surface area contributed by atoms with E-state index in [0.29, 0.717) is 12.6 Å². The van der Waals surface area contributed by atoms with Crippen molar-refractivity contribution in [2.24, 2.45) is 4.99 Å². The SMILES string of the molecule is CCN1C(=O)/C(=C\c2ccc(OC)cc2)OC1=Nc1ccccc1. The maximum Gasteiger partial charge on any atom is 0.305 e. The van der Waals surface area contributed by atoms with E-state index in [1.54, 1.807) is 13.2 Å². The number of carbonyl (C=O) groups is 1. The van der Waals surface area contributed by atoms with Gasteiger partial charge in [0.15, 0.2) is 5.76 Å². The van der Waals surface area contributed by atoms with Crippen molar-refractivity contribution in [3.8, 4) is 5.75 Å². The summed E-state index contributed by atoms with van der Waals surface area (Å²) in [6, 6.07) is 17.1. The number of rotatable bonds is 4. The maximum atomic E-state index is 12.5. The van der Waals surface area contributed by atoms with Crippen molar-refractivity contribution < 1.29 is 14.3 Å². The Morgan fingerprint density at radius 2 is 1.83 bits per heavy atom. The van der Waals surface area contributed by atoms with Gasteiger partial charge in [0.1, 0.15) is 5.75 Å². The molecule has 2 aromatic rings. The average molecular weight is 322 g/mol. The van der Waals surface area contributed by atoms with Gasteiger partial charge in [-0.1, -0.05) is 30.3 Å². The lowest BCUT2D eigenvalue weighted by molar-refractivity contribution is -0.122. The number of amidine groups is 1. The average Bonchev–Trinajstić information content (AvgIpc) is 2.91. The summed E-state index contributed by atoms with van der Waals surface area (Å²) in [6.07, 6.45) is 1.71. The van der Waals surface area contributed by atoms with E-state index in [9.17, 15) is 4.79 Å². The molecule has 2 aromatic carbocycles. The van der Waals surface area contributed by atoms with Crippen LogP contribution in [0.3, 0.4) is 0 Å². The number of ether oxygens (including phenoxy) is 2. The third-order valence-corrected chi connectivity index (χ3v) is 3.60. The molecular formula is C19H18N2O3. The fraction of sp³-hybridized carbons (Fsp3) is 0.158. The molecule has 5 heteroatoms. The number of likely N-dealkylation sites (N-methyl/N-ethyl adjacent to an activating group) is 1. The first kappa shape index (κ1) is 15.8. The zero-order chi connectivity index (χ0) is 16.9. The maximum absolute atomic E-state index is 12.5. The van der Waals surface area contributed by atoms with Crippen LogP contribution in [0.2, 0.25) is 0 Å².